The zero-order valence-electron chi connectivity index (χ0n) is 8.64. The summed E-state index contributed by atoms with van der Waals surface area (Å²) < 4.78 is 3.22. The minimum Gasteiger partial charge on any atom is -0.299 e. The predicted octanol–water partition coefficient (Wildman–Crippen LogP) is 1.77. The Labute approximate surface area is 93.4 Å². The summed E-state index contributed by atoms with van der Waals surface area (Å²) in [5.74, 6) is 0. The summed E-state index contributed by atoms with van der Waals surface area (Å²) in [4.78, 5) is 12.6. The van der Waals surface area contributed by atoms with Crippen LogP contribution in [0.2, 0.25) is 0 Å². The fraction of sp³-hybridized carbons (Fsp3) is 0.182. The van der Waals surface area contributed by atoms with Crippen molar-refractivity contribution in [3.63, 3.8) is 0 Å². The fourth-order valence-electron chi connectivity index (χ4n) is 1.48. The summed E-state index contributed by atoms with van der Waals surface area (Å²) >= 11 is 4.33. The second-order valence-corrected chi connectivity index (χ2v) is 3.95. The molecule has 78 valence electrons. The van der Waals surface area contributed by atoms with Crippen LogP contribution in [0.15, 0.2) is 40.2 Å². The maximum Gasteiger partial charge on any atom is 0.332 e. The maximum absolute atomic E-state index is 11.8. The van der Waals surface area contributed by atoms with Gasteiger partial charge in [-0.3, -0.25) is 9.13 Å². The molecule has 0 fully saturated rings. The standard InChI is InChI=1S/C11H12N2OS/c1-8-7-13(11(14)12(8)2)9-5-3-4-6-10(9)15/h3-7,15H,1-2H3. The normalized spacial score (nSPS) is 10.6. The lowest BCUT2D eigenvalue weighted by Crippen LogP contribution is -2.21. The van der Waals surface area contributed by atoms with E-state index in [1.54, 1.807) is 16.2 Å². The molecule has 0 unspecified atom stereocenters. The number of aryl methyl sites for hydroxylation is 1. The fourth-order valence-corrected chi connectivity index (χ4v) is 1.75. The van der Waals surface area contributed by atoms with Crippen molar-refractivity contribution in [1.29, 1.82) is 0 Å². The van der Waals surface area contributed by atoms with Crippen molar-refractivity contribution < 1.29 is 0 Å². The molecule has 4 heteroatoms. The van der Waals surface area contributed by atoms with Gasteiger partial charge in [-0.15, -0.1) is 12.6 Å². The van der Waals surface area contributed by atoms with Crippen LogP contribution < -0.4 is 5.69 Å². The van der Waals surface area contributed by atoms with Crippen molar-refractivity contribution in [2.45, 2.75) is 11.8 Å². The summed E-state index contributed by atoms with van der Waals surface area (Å²) in [6.07, 6.45) is 1.82. The number of hydrogen-bond acceptors (Lipinski definition) is 2. The summed E-state index contributed by atoms with van der Waals surface area (Å²) in [6.45, 7) is 1.90. The van der Waals surface area contributed by atoms with E-state index in [2.05, 4.69) is 12.6 Å². The SMILES string of the molecule is Cc1cn(-c2ccccc2S)c(=O)n1C. The summed E-state index contributed by atoms with van der Waals surface area (Å²) in [7, 11) is 1.76. The van der Waals surface area contributed by atoms with E-state index >= 15 is 0 Å². The average Bonchev–Trinajstić information content (AvgIpc) is 2.47. The van der Waals surface area contributed by atoms with E-state index in [0.717, 1.165) is 16.3 Å². The zero-order chi connectivity index (χ0) is 11.0. The first-order valence-corrected chi connectivity index (χ1v) is 5.09. The summed E-state index contributed by atoms with van der Waals surface area (Å²) in [5, 5.41) is 0. The molecule has 15 heavy (non-hydrogen) atoms. The molecule has 0 bridgehead atoms. The van der Waals surface area contributed by atoms with Gasteiger partial charge in [0, 0.05) is 23.8 Å². The lowest BCUT2D eigenvalue weighted by atomic mass is 10.3. The van der Waals surface area contributed by atoms with Crippen molar-refractivity contribution >= 4 is 12.6 Å². The molecule has 0 saturated heterocycles. The van der Waals surface area contributed by atoms with Crippen LogP contribution in [0, 0.1) is 6.92 Å². The molecule has 0 amide bonds. The first kappa shape index (κ1) is 10.1. The second kappa shape index (κ2) is 3.62. The highest BCUT2D eigenvalue weighted by Gasteiger charge is 2.07. The minimum atomic E-state index is -0.0472. The molecule has 0 saturated carbocycles. The Bertz CT molecular complexity index is 554. The van der Waals surface area contributed by atoms with E-state index in [1.165, 1.54) is 0 Å². The van der Waals surface area contributed by atoms with E-state index in [1.807, 2.05) is 37.4 Å². The number of para-hydroxylation sites is 1. The number of thiol groups is 1. The van der Waals surface area contributed by atoms with Gasteiger partial charge in [0.15, 0.2) is 0 Å². The molecule has 0 aliphatic heterocycles. The molecule has 0 radical (unpaired) electrons. The monoisotopic (exact) mass is 220 g/mol. The Morgan fingerprint density at radius 3 is 2.47 bits per heavy atom. The van der Waals surface area contributed by atoms with Crippen LogP contribution in [0.3, 0.4) is 0 Å². The first-order valence-electron chi connectivity index (χ1n) is 4.64. The molecule has 0 aliphatic rings. The predicted molar refractivity (Wildman–Crippen MR) is 63.0 cm³/mol. The maximum atomic E-state index is 11.8. The van der Waals surface area contributed by atoms with Crippen LogP contribution in [0.5, 0.6) is 0 Å². The van der Waals surface area contributed by atoms with Crippen LogP contribution in [0.1, 0.15) is 5.69 Å². The van der Waals surface area contributed by atoms with Gasteiger partial charge in [0.2, 0.25) is 0 Å². The summed E-state index contributed by atoms with van der Waals surface area (Å²) in [5.41, 5.74) is 1.69. The van der Waals surface area contributed by atoms with Gasteiger partial charge >= 0.3 is 5.69 Å². The van der Waals surface area contributed by atoms with Gasteiger partial charge < -0.3 is 0 Å². The lowest BCUT2D eigenvalue weighted by Gasteiger charge is -2.03. The Morgan fingerprint density at radius 2 is 1.93 bits per heavy atom. The Morgan fingerprint density at radius 1 is 1.27 bits per heavy atom. The Hall–Kier alpha value is -1.42. The molecular formula is C11H12N2OS. The van der Waals surface area contributed by atoms with E-state index in [-0.39, 0.29) is 5.69 Å². The molecule has 2 aromatic rings. The van der Waals surface area contributed by atoms with Crippen molar-refractivity contribution in [2.24, 2.45) is 7.05 Å². The van der Waals surface area contributed by atoms with Crippen molar-refractivity contribution in [3.05, 3.63) is 46.6 Å². The number of hydrogen-bond donors (Lipinski definition) is 1. The lowest BCUT2D eigenvalue weighted by molar-refractivity contribution is 0.799. The molecule has 0 N–H and O–H groups in total. The third-order valence-electron chi connectivity index (χ3n) is 2.48. The zero-order valence-corrected chi connectivity index (χ0v) is 9.53. The topological polar surface area (TPSA) is 26.9 Å². The third-order valence-corrected chi connectivity index (χ3v) is 2.86. The largest absolute Gasteiger partial charge is 0.332 e. The van der Waals surface area contributed by atoms with Crippen molar-refractivity contribution in [2.75, 3.05) is 0 Å². The molecule has 3 nitrogen and oxygen atoms in total. The van der Waals surface area contributed by atoms with Gasteiger partial charge in [-0.2, -0.15) is 0 Å². The Kier molecular flexibility index (Phi) is 2.44. The molecule has 2 rings (SSSR count). The minimum absolute atomic E-state index is 0.0472. The number of imidazole rings is 1. The first-order chi connectivity index (χ1) is 7.11. The molecule has 1 aromatic carbocycles. The summed E-state index contributed by atoms with van der Waals surface area (Å²) in [6, 6.07) is 7.53. The molecule has 0 spiro atoms. The molecule has 1 heterocycles. The van der Waals surface area contributed by atoms with Gasteiger partial charge in [-0.05, 0) is 19.1 Å². The van der Waals surface area contributed by atoms with Gasteiger partial charge in [0.25, 0.3) is 0 Å². The van der Waals surface area contributed by atoms with Crippen molar-refractivity contribution in [1.82, 2.24) is 9.13 Å². The smallest absolute Gasteiger partial charge is 0.299 e. The van der Waals surface area contributed by atoms with Crippen LogP contribution in [0.25, 0.3) is 5.69 Å². The number of rotatable bonds is 1. The second-order valence-electron chi connectivity index (χ2n) is 3.47. The van der Waals surface area contributed by atoms with E-state index in [9.17, 15) is 4.79 Å². The van der Waals surface area contributed by atoms with E-state index in [4.69, 9.17) is 0 Å². The van der Waals surface area contributed by atoms with Gasteiger partial charge in [0.05, 0.1) is 5.69 Å². The number of aromatic nitrogens is 2. The van der Waals surface area contributed by atoms with Crippen LogP contribution >= 0.6 is 12.6 Å². The van der Waals surface area contributed by atoms with Crippen LogP contribution in [0.4, 0.5) is 0 Å². The van der Waals surface area contributed by atoms with Gasteiger partial charge in [0.1, 0.15) is 0 Å². The highest BCUT2D eigenvalue weighted by Crippen LogP contribution is 2.16. The quantitative estimate of drug-likeness (QED) is 0.729. The number of nitrogens with zero attached hydrogens (tertiary/aromatic N) is 2. The number of benzene rings is 1. The van der Waals surface area contributed by atoms with E-state index in [0.29, 0.717) is 0 Å². The van der Waals surface area contributed by atoms with Gasteiger partial charge in [-0.25, -0.2) is 4.79 Å². The Balaban J connectivity index is 2.70. The van der Waals surface area contributed by atoms with Gasteiger partial charge in [-0.1, -0.05) is 12.1 Å². The average molecular weight is 220 g/mol. The molecule has 1 aromatic heterocycles. The van der Waals surface area contributed by atoms with Crippen LogP contribution in [-0.4, -0.2) is 9.13 Å². The van der Waals surface area contributed by atoms with E-state index < -0.39 is 0 Å². The highest BCUT2D eigenvalue weighted by atomic mass is 32.1. The van der Waals surface area contributed by atoms with Crippen LogP contribution in [-0.2, 0) is 7.05 Å². The highest BCUT2D eigenvalue weighted by molar-refractivity contribution is 7.80. The van der Waals surface area contributed by atoms with Crippen molar-refractivity contribution in [3.8, 4) is 5.69 Å². The molecule has 0 atom stereocenters. The third kappa shape index (κ3) is 1.61. The molecular weight excluding hydrogens is 208 g/mol. The molecule has 0 aliphatic carbocycles.